The summed E-state index contributed by atoms with van der Waals surface area (Å²) < 4.78 is 0. The van der Waals surface area contributed by atoms with Crippen molar-refractivity contribution in [2.75, 3.05) is 0 Å². The number of hydrogen-bond acceptors (Lipinski definition) is 2. The third kappa shape index (κ3) is 40.6. The van der Waals surface area contributed by atoms with E-state index in [9.17, 15) is 14.7 Å². The van der Waals surface area contributed by atoms with Crippen molar-refractivity contribution in [3.63, 3.8) is 0 Å². The van der Waals surface area contributed by atoms with Crippen LogP contribution in [0.15, 0.2) is 24.3 Å². The van der Waals surface area contributed by atoms with E-state index in [0.29, 0.717) is 18.8 Å². The van der Waals surface area contributed by atoms with Crippen molar-refractivity contribution < 1.29 is 19.8 Å². The van der Waals surface area contributed by atoms with Crippen molar-refractivity contribution in [1.82, 2.24) is 0 Å². The molecule has 0 saturated heterocycles. The summed E-state index contributed by atoms with van der Waals surface area (Å²) in [6, 6.07) is 0. The smallest absolute Gasteiger partial charge is 0.303 e. The van der Waals surface area contributed by atoms with Crippen molar-refractivity contribution >= 4 is 11.9 Å². The summed E-state index contributed by atoms with van der Waals surface area (Å²) in [5.41, 5.74) is 0. The molecule has 2 N–H and O–H groups in total. The number of carbonyl (C=O) groups is 2. The van der Waals surface area contributed by atoms with Gasteiger partial charge in [-0.3, -0.25) is 9.59 Å². The maximum atomic E-state index is 11.4. The molecule has 0 heterocycles. The van der Waals surface area contributed by atoms with Crippen LogP contribution in [0.1, 0.15) is 238 Å². The first-order valence-electron chi connectivity index (χ1n) is 21.3. The highest BCUT2D eigenvalue weighted by atomic mass is 16.4. The minimum Gasteiger partial charge on any atom is -0.481 e. The van der Waals surface area contributed by atoms with Crippen LogP contribution in [-0.2, 0) is 9.59 Å². The molecular weight excluding hydrogens is 592 g/mol. The lowest BCUT2D eigenvalue weighted by molar-refractivity contribution is -0.138. The number of rotatable bonds is 40. The number of carboxylic acids is 2. The molecule has 0 saturated carbocycles. The standard InChI is InChI=1S/C44H82O4/c1-2-3-4-5-6-7-8-9-10-14-17-20-23-26-29-32-35-38-42(41-44(47)48)39-36-33-30-27-24-21-18-15-12-11-13-16-19-22-25-28-31-34-37-40-43(45)46/h9-10,12,15,42H,2-8,11,13-14,16-41H2,1H3,(H,45,46)(H,47,48)/b10-9-,15-12-. The summed E-state index contributed by atoms with van der Waals surface area (Å²) in [5, 5.41) is 18.0. The largest absolute Gasteiger partial charge is 0.481 e. The number of aliphatic carboxylic acids is 2. The molecule has 0 fully saturated rings. The zero-order valence-corrected chi connectivity index (χ0v) is 32.1. The monoisotopic (exact) mass is 675 g/mol. The van der Waals surface area contributed by atoms with E-state index >= 15 is 0 Å². The Bertz CT molecular complexity index is 727. The average molecular weight is 675 g/mol. The molecule has 0 amide bonds. The number of unbranched alkanes of at least 4 members (excludes halogenated alkanes) is 28. The van der Waals surface area contributed by atoms with Crippen LogP contribution in [0, 0.1) is 5.92 Å². The van der Waals surface area contributed by atoms with Crippen LogP contribution in [0.4, 0.5) is 0 Å². The van der Waals surface area contributed by atoms with Gasteiger partial charge in [-0.2, -0.15) is 0 Å². The van der Waals surface area contributed by atoms with Crippen LogP contribution in [0.5, 0.6) is 0 Å². The van der Waals surface area contributed by atoms with Gasteiger partial charge in [-0.15, -0.1) is 0 Å². The fraction of sp³-hybridized carbons (Fsp3) is 0.864. The Morgan fingerprint density at radius 3 is 1.00 bits per heavy atom. The van der Waals surface area contributed by atoms with Gasteiger partial charge in [0.2, 0.25) is 0 Å². The van der Waals surface area contributed by atoms with Crippen molar-refractivity contribution in [2.24, 2.45) is 5.92 Å². The van der Waals surface area contributed by atoms with Crippen molar-refractivity contribution in [2.45, 2.75) is 238 Å². The molecule has 282 valence electrons. The van der Waals surface area contributed by atoms with Crippen LogP contribution >= 0.6 is 0 Å². The molecule has 48 heavy (non-hydrogen) atoms. The third-order valence-corrected chi connectivity index (χ3v) is 10.00. The molecule has 0 bridgehead atoms. The number of carboxylic acid groups (broad SMARTS) is 2. The highest BCUT2D eigenvalue weighted by Crippen LogP contribution is 2.22. The topological polar surface area (TPSA) is 74.6 Å². The lowest BCUT2D eigenvalue weighted by Crippen LogP contribution is -2.08. The van der Waals surface area contributed by atoms with Crippen LogP contribution < -0.4 is 0 Å². The molecule has 0 radical (unpaired) electrons. The van der Waals surface area contributed by atoms with E-state index < -0.39 is 11.9 Å². The lowest BCUT2D eigenvalue weighted by atomic mass is 9.91. The van der Waals surface area contributed by atoms with Gasteiger partial charge in [0, 0.05) is 12.8 Å². The second kappa shape index (κ2) is 39.9. The molecular formula is C44H82O4. The number of allylic oxidation sites excluding steroid dienone is 4. The molecule has 0 aromatic rings. The maximum absolute atomic E-state index is 11.4. The summed E-state index contributed by atoms with van der Waals surface area (Å²) >= 11 is 0. The van der Waals surface area contributed by atoms with Crippen molar-refractivity contribution in [3.8, 4) is 0 Å². The molecule has 4 nitrogen and oxygen atoms in total. The third-order valence-electron chi connectivity index (χ3n) is 10.00. The fourth-order valence-electron chi connectivity index (χ4n) is 6.87. The van der Waals surface area contributed by atoms with Gasteiger partial charge in [0.1, 0.15) is 0 Å². The molecule has 0 spiro atoms. The minimum absolute atomic E-state index is 0.324. The van der Waals surface area contributed by atoms with E-state index in [2.05, 4.69) is 31.2 Å². The minimum atomic E-state index is -0.667. The van der Waals surface area contributed by atoms with E-state index in [0.717, 1.165) is 25.7 Å². The SMILES string of the molecule is CCCCCCCC/C=C\CCCCCCCCCC(CCCCCCCC/C=C\CCCCCCCCCCCC(=O)O)CC(=O)O. The van der Waals surface area contributed by atoms with Gasteiger partial charge in [-0.05, 0) is 76.5 Å². The zero-order valence-electron chi connectivity index (χ0n) is 32.1. The highest BCUT2D eigenvalue weighted by molar-refractivity contribution is 5.67. The molecule has 0 rings (SSSR count). The van der Waals surface area contributed by atoms with Gasteiger partial charge in [-0.25, -0.2) is 0 Å². The van der Waals surface area contributed by atoms with Gasteiger partial charge in [0.05, 0.1) is 0 Å². The maximum Gasteiger partial charge on any atom is 0.303 e. The molecule has 0 aromatic heterocycles. The van der Waals surface area contributed by atoms with Crippen LogP contribution in [0.3, 0.4) is 0 Å². The Morgan fingerprint density at radius 2 is 0.688 bits per heavy atom. The van der Waals surface area contributed by atoms with E-state index in [1.165, 1.54) is 193 Å². The fourth-order valence-corrected chi connectivity index (χ4v) is 6.87. The Kier molecular flexibility index (Phi) is 38.5. The molecule has 1 unspecified atom stereocenters. The second-order valence-electron chi connectivity index (χ2n) is 14.8. The second-order valence-corrected chi connectivity index (χ2v) is 14.8. The first-order valence-corrected chi connectivity index (χ1v) is 21.3. The van der Waals surface area contributed by atoms with Crippen molar-refractivity contribution in [1.29, 1.82) is 0 Å². The summed E-state index contributed by atoms with van der Waals surface area (Å²) in [5.74, 6) is -0.912. The quantitative estimate of drug-likeness (QED) is 0.0501. The van der Waals surface area contributed by atoms with Gasteiger partial charge in [0.25, 0.3) is 0 Å². The zero-order chi connectivity index (χ0) is 35.0. The van der Waals surface area contributed by atoms with Gasteiger partial charge in [0.15, 0.2) is 0 Å². The summed E-state index contributed by atoms with van der Waals surface area (Å²) in [7, 11) is 0. The van der Waals surface area contributed by atoms with Gasteiger partial charge in [-0.1, -0.05) is 179 Å². The normalized spacial score (nSPS) is 12.4. The highest BCUT2D eigenvalue weighted by Gasteiger charge is 2.12. The van der Waals surface area contributed by atoms with E-state index in [-0.39, 0.29) is 0 Å². The van der Waals surface area contributed by atoms with Crippen molar-refractivity contribution in [3.05, 3.63) is 24.3 Å². The molecule has 4 heteroatoms. The number of hydrogen-bond donors (Lipinski definition) is 2. The van der Waals surface area contributed by atoms with Crippen LogP contribution in [0.2, 0.25) is 0 Å². The molecule has 0 aromatic carbocycles. The Balaban J connectivity index is 3.51. The predicted octanol–water partition coefficient (Wildman–Crippen LogP) is 14.9. The summed E-state index contributed by atoms with van der Waals surface area (Å²) in [4.78, 5) is 21.9. The molecule has 0 aliphatic rings. The van der Waals surface area contributed by atoms with Crippen LogP contribution in [-0.4, -0.2) is 22.2 Å². The Labute approximate surface area is 299 Å². The van der Waals surface area contributed by atoms with E-state index in [1.54, 1.807) is 0 Å². The van der Waals surface area contributed by atoms with Gasteiger partial charge < -0.3 is 10.2 Å². The van der Waals surface area contributed by atoms with Crippen LogP contribution in [0.25, 0.3) is 0 Å². The Morgan fingerprint density at radius 1 is 0.396 bits per heavy atom. The predicted molar refractivity (Wildman–Crippen MR) is 209 cm³/mol. The van der Waals surface area contributed by atoms with E-state index in [4.69, 9.17) is 5.11 Å². The first-order chi connectivity index (χ1) is 23.6. The lowest BCUT2D eigenvalue weighted by Gasteiger charge is -2.14. The molecule has 0 aliphatic carbocycles. The van der Waals surface area contributed by atoms with Gasteiger partial charge >= 0.3 is 11.9 Å². The first kappa shape index (κ1) is 46.4. The molecule has 1 atom stereocenters. The summed E-state index contributed by atoms with van der Waals surface area (Å²) in [6.45, 7) is 2.28. The Hall–Kier alpha value is -1.58. The average Bonchev–Trinajstić information content (AvgIpc) is 3.06. The molecule has 0 aliphatic heterocycles. The van der Waals surface area contributed by atoms with E-state index in [1.807, 2.05) is 0 Å². The summed E-state index contributed by atoms with van der Waals surface area (Å²) in [6.07, 6.45) is 53.4.